The summed E-state index contributed by atoms with van der Waals surface area (Å²) in [4.78, 5) is 17.0. The molecule has 7 nitrogen and oxygen atoms in total. The highest BCUT2D eigenvalue weighted by atomic mass is 16.5. The normalized spacial score (nSPS) is 13.0. The van der Waals surface area contributed by atoms with Crippen LogP contribution in [0.3, 0.4) is 0 Å². The van der Waals surface area contributed by atoms with Gasteiger partial charge in [-0.25, -0.2) is 0 Å². The molecule has 268 valence electrons. The molecule has 7 heteroatoms. The number of aliphatic hydroxyl groups is 2. The Morgan fingerprint density at radius 2 is 1.13 bits per heavy atom. The molecule has 0 aliphatic rings. The predicted octanol–water partition coefficient (Wildman–Crippen LogP) is 8.22. The second-order valence-electron chi connectivity index (χ2n) is 13.6. The molecule has 1 amide bonds. The summed E-state index contributed by atoms with van der Waals surface area (Å²) in [6.07, 6.45) is 23.3. The van der Waals surface area contributed by atoms with Gasteiger partial charge in [0, 0.05) is 25.2 Å². The minimum absolute atomic E-state index is 0.0583. The van der Waals surface area contributed by atoms with Crippen LogP contribution in [0.1, 0.15) is 153 Å². The molecule has 0 aliphatic heterocycles. The Balaban J connectivity index is 2.37. The van der Waals surface area contributed by atoms with E-state index in [0.717, 1.165) is 63.9 Å². The van der Waals surface area contributed by atoms with E-state index in [1.807, 2.05) is 0 Å². The van der Waals surface area contributed by atoms with Gasteiger partial charge >= 0.3 is 0 Å². The van der Waals surface area contributed by atoms with Crippen LogP contribution in [0.15, 0.2) is 24.3 Å². The van der Waals surface area contributed by atoms with Crippen molar-refractivity contribution in [2.45, 2.75) is 154 Å². The number of aliphatic hydroxyl groups excluding tert-OH is 2. The Labute approximate surface area is 283 Å². The van der Waals surface area contributed by atoms with Crippen molar-refractivity contribution in [2.75, 3.05) is 53.4 Å². The van der Waals surface area contributed by atoms with Gasteiger partial charge in [0.15, 0.2) is 0 Å². The van der Waals surface area contributed by atoms with Gasteiger partial charge < -0.3 is 25.2 Å². The molecule has 0 fully saturated rings. The summed E-state index contributed by atoms with van der Waals surface area (Å²) in [7, 11) is 3.75. The lowest BCUT2D eigenvalue weighted by Crippen LogP contribution is -2.39. The summed E-state index contributed by atoms with van der Waals surface area (Å²) >= 11 is 0. The van der Waals surface area contributed by atoms with Crippen LogP contribution in [-0.4, -0.2) is 91.6 Å². The van der Waals surface area contributed by atoms with Crippen LogP contribution in [0.4, 0.5) is 0 Å². The highest BCUT2D eigenvalue weighted by Crippen LogP contribution is 2.14. The summed E-state index contributed by atoms with van der Waals surface area (Å²) in [5.74, 6) is 0.685. The number of hydrogen-bond donors (Lipinski definition) is 3. The molecule has 0 saturated heterocycles. The van der Waals surface area contributed by atoms with Crippen molar-refractivity contribution >= 4 is 5.91 Å². The molecule has 2 unspecified atom stereocenters. The molecule has 0 aromatic heterocycles. The summed E-state index contributed by atoms with van der Waals surface area (Å²) in [5.41, 5.74) is 0.642. The standard InChI is InChI=1S/C39H73N3O4/c1-5-7-9-11-13-15-17-19-23-36(43)33-42(34-37(44)24-20-18-16-14-12-10-8-6-2)32-22-31-41(3)30-21-29-40-39(45)35-25-27-38(46-4)28-26-35/h25-28,36-37,43-44H,5-24,29-34H2,1-4H3,(H,40,45). The molecule has 0 spiro atoms. The van der Waals surface area contributed by atoms with Gasteiger partial charge in [0.05, 0.1) is 19.3 Å². The van der Waals surface area contributed by atoms with Crippen LogP contribution < -0.4 is 10.1 Å². The van der Waals surface area contributed by atoms with Gasteiger partial charge in [-0.2, -0.15) is 0 Å². The Morgan fingerprint density at radius 1 is 0.674 bits per heavy atom. The van der Waals surface area contributed by atoms with Crippen molar-refractivity contribution in [3.05, 3.63) is 29.8 Å². The number of ether oxygens (including phenoxy) is 1. The molecule has 46 heavy (non-hydrogen) atoms. The first-order chi connectivity index (χ1) is 22.4. The number of carbonyl (C=O) groups is 1. The molecule has 1 rings (SSSR count). The van der Waals surface area contributed by atoms with Gasteiger partial charge in [0.25, 0.3) is 5.91 Å². The molecular formula is C39H73N3O4. The lowest BCUT2D eigenvalue weighted by atomic mass is 10.0. The summed E-state index contributed by atoms with van der Waals surface area (Å²) in [5, 5.41) is 24.8. The number of nitrogens with zero attached hydrogens (tertiary/aromatic N) is 2. The summed E-state index contributed by atoms with van der Waals surface area (Å²) in [6, 6.07) is 7.17. The van der Waals surface area contributed by atoms with Crippen molar-refractivity contribution < 1.29 is 19.7 Å². The number of hydrogen-bond acceptors (Lipinski definition) is 6. The Bertz CT molecular complexity index is 794. The van der Waals surface area contributed by atoms with E-state index in [1.165, 1.54) is 89.9 Å². The van der Waals surface area contributed by atoms with Crippen molar-refractivity contribution in [1.82, 2.24) is 15.1 Å². The topological polar surface area (TPSA) is 85.3 Å². The van der Waals surface area contributed by atoms with E-state index in [1.54, 1.807) is 31.4 Å². The molecule has 3 N–H and O–H groups in total. The number of unbranched alkanes of at least 4 members (excludes halogenated alkanes) is 14. The van der Waals surface area contributed by atoms with E-state index in [4.69, 9.17) is 4.74 Å². The maximum absolute atomic E-state index is 12.4. The fourth-order valence-corrected chi connectivity index (χ4v) is 6.13. The number of carbonyl (C=O) groups excluding carboxylic acids is 1. The van der Waals surface area contributed by atoms with E-state index in [9.17, 15) is 15.0 Å². The first kappa shape index (κ1) is 42.4. The largest absolute Gasteiger partial charge is 0.497 e. The van der Waals surface area contributed by atoms with Gasteiger partial charge in [0.2, 0.25) is 0 Å². The third kappa shape index (κ3) is 23.6. The highest BCUT2D eigenvalue weighted by molar-refractivity contribution is 5.94. The number of rotatable bonds is 32. The second-order valence-corrected chi connectivity index (χ2v) is 13.6. The van der Waals surface area contributed by atoms with Crippen LogP contribution in [0.25, 0.3) is 0 Å². The van der Waals surface area contributed by atoms with Gasteiger partial charge in [-0.05, 0) is 76.6 Å². The fraction of sp³-hybridized carbons (Fsp3) is 0.821. The van der Waals surface area contributed by atoms with Gasteiger partial charge in [-0.1, -0.05) is 117 Å². The molecule has 0 aliphatic carbocycles. The zero-order valence-corrected chi connectivity index (χ0v) is 30.5. The van der Waals surface area contributed by atoms with Crippen LogP contribution in [0.2, 0.25) is 0 Å². The first-order valence-electron chi connectivity index (χ1n) is 19.1. The highest BCUT2D eigenvalue weighted by Gasteiger charge is 2.16. The third-order valence-corrected chi connectivity index (χ3v) is 9.09. The maximum Gasteiger partial charge on any atom is 0.251 e. The quantitative estimate of drug-likeness (QED) is 0.0684. The minimum Gasteiger partial charge on any atom is -0.497 e. The molecular weight excluding hydrogens is 574 g/mol. The van der Waals surface area contributed by atoms with Crippen LogP contribution in [0.5, 0.6) is 5.75 Å². The van der Waals surface area contributed by atoms with Crippen molar-refractivity contribution in [3.63, 3.8) is 0 Å². The van der Waals surface area contributed by atoms with Crippen LogP contribution in [-0.2, 0) is 0 Å². The van der Waals surface area contributed by atoms with E-state index in [2.05, 4.69) is 36.0 Å². The molecule has 0 radical (unpaired) electrons. The number of methoxy groups -OCH3 is 1. The number of nitrogens with one attached hydrogen (secondary N) is 1. The lowest BCUT2D eigenvalue weighted by Gasteiger charge is -2.28. The summed E-state index contributed by atoms with van der Waals surface area (Å²) < 4.78 is 5.17. The molecule has 0 bridgehead atoms. The predicted molar refractivity (Wildman–Crippen MR) is 195 cm³/mol. The minimum atomic E-state index is -0.331. The van der Waals surface area contributed by atoms with Crippen LogP contribution in [0, 0.1) is 0 Å². The zero-order chi connectivity index (χ0) is 33.7. The molecule has 1 aromatic carbocycles. The van der Waals surface area contributed by atoms with E-state index >= 15 is 0 Å². The monoisotopic (exact) mass is 648 g/mol. The van der Waals surface area contributed by atoms with Crippen molar-refractivity contribution in [2.24, 2.45) is 0 Å². The molecule has 0 heterocycles. The Kier molecular flexibility index (Phi) is 27.1. The third-order valence-electron chi connectivity index (χ3n) is 9.09. The van der Waals surface area contributed by atoms with Crippen molar-refractivity contribution in [1.29, 1.82) is 0 Å². The zero-order valence-electron chi connectivity index (χ0n) is 30.5. The fourth-order valence-electron chi connectivity index (χ4n) is 6.13. The average Bonchev–Trinajstić information content (AvgIpc) is 3.05. The van der Waals surface area contributed by atoms with Gasteiger partial charge in [-0.15, -0.1) is 0 Å². The van der Waals surface area contributed by atoms with Crippen molar-refractivity contribution in [3.8, 4) is 5.75 Å². The Hall–Kier alpha value is -1.67. The van der Waals surface area contributed by atoms with E-state index in [0.29, 0.717) is 25.2 Å². The Morgan fingerprint density at radius 3 is 1.61 bits per heavy atom. The number of amides is 1. The smallest absolute Gasteiger partial charge is 0.251 e. The summed E-state index contributed by atoms with van der Waals surface area (Å²) in [6.45, 7) is 9.18. The van der Waals surface area contributed by atoms with Crippen LogP contribution >= 0.6 is 0 Å². The molecule has 1 aromatic rings. The second kappa shape index (κ2) is 29.5. The van der Waals surface area contributed by atoms with Gasteiger partial charge in [0.1, 0.15) is 5.75 Å². The molecule has 0 saturated carbocycles. The van der Waals surface area contributed by atoms with E-state index in [-0.39, 0.29) is 18.1 Å². The average molecular weight is 648 g/mol. The maximum atomic E-state index is 12.4. The molecule has 2 atom stereocenters. The van der Waals surface area contributed by atoms with E-state index < -0.39 is 0 Å². The SMILES string of the molecule is CCCCCCCCCCC(O)CN(CCCN(C)CCCNC(=O)c1ccc(OC)cc1)CC(O)CCCCCCCCCC. The number of benzene rings is 1. The lowest BCUT2D eigenvalue weighted by molar-refractivity contribution is 0.0586. The van der Waals surface area contributed by atoms with Gasteiger partial charge in [-0.3, -0.25) is 9.69 Å². The first-order valence-corrected chi connectivity index (χ1v) is 19.1.